The molecule has 0 radical (unpaired) electrons. The first-order valence-corrected chi connectivity index (χ1v) is 6.92. The molecule has 0 bridgehead atoms. The predicted octanol–water partition coefficient (Wildman–Crippen LogP) is 3.11. The minimum absolute atomic E-state index is 0.248. The third-order valence-corrected chi connectivity index (χ3v) is 3.91. The van der Waals surface area contributed by atoms with Crippen molar-refractivity contribution in [3.63, 3.8) is 0 Å². The number of ether oxygens (including phenoxy) is 2. The zero-order valence-corrected chi connectivity index (χ0v) is 12.4. The van der Waals surface area contributed by atoms with Crippen molar-refractivity contribution >= 4 is 11.3 Å². The van der Waals surface area contributed by atoms with Gasteiger partial charge in [-0.3, -0.25) is 0 Å². The normalized spacial score (nSPS) is 12.2. The molecule has 1 N–H and O–H groups in total. The number of hydrogen-bond acceptors (Lipinski definition) is 5. The largest absolute Gasteiger partial charge is 0.497 e. The summed E-state index contributed by atoms with van der Waals surface area (Å²) in [5, 5.41) is 6.22. The summed E-state index contributed by atoms with van der Waals surface area (Å²) >= 11 is 1.62. The first-order chi connectivity index (χ1) is 9.17. The second kappa shape index (κ2) is 6.04. The molecule has 4 nitrogen and oxygen atoms in total. The Hall–Kier alpha value is -1.59. The van der Waals surface area contributed by atoms with Crippen LogP contribution in [-0.4, -0.2) is 26.3 Å². The number of hydrogen-bond donors (Lipinski definition) is 1. The van der Waals surface area contributed by atoms with Gasteiger partial charge in [0, 0.05) is 23.1 Å². The average Bonchev–Trinajstić information content (AvgIpc) is 2.95. The molecular formula is C14H18N2O2S. The molecule has 0 saturated heterocycles. The zero-order chi connectivity index (χ0) is 13.8. The molecule has 0 spiro atoms. The van der Waals surface area contributed by atoms with E-state index in [-0.39, 0.29) is 6.04 Å². The quantitative estimate of drug-likeness (QED) is 0.912. The van der Waals surface area contributed by atoms with Crippen LogP contribution in [0, 0.1) is 0 Å². The van der Waals surface area contributed by atoms with E-state index in [1.54, 1.807) is 25.6 Å². The number of aromatic nitrogens is 1. The summed E-state index contributed by atoms with van der Waals surface area (Å²) in [6.45, 7) is 2.09. The van der Waals surface area contributed by atoms with Crippen LogP contribution in [0.2, 0.25) is 0 Å². The van der Waals surface area contributed by atoms with E-state index in [0.717, 1.165) is 27.8 Å². The lowest BCUT2D eigenvalue weighted by Crippen LogP contribution is -2.12. The standard InChI is InChI=1S/C14H18N2O2S/c1-9(15-2)13-8-19-14(16-13)10-5-11(17-3)7-12(6-10)18-4/h5-9,15H,1-4H3. The van der Waals surface area contributed by atoms with Gasteiger partial charge < -0.3 is 14.8 Å². The molecule has 0 aliphatic rings. The summed E-state index contributed by atoms with van der Waals surface area (Å²) in [4.78, 5) is 4.65. The highest BCUT2D eigenvalue weighted by Crippen LogP contribution is 2.32. The summed E-state index contributed by atoms with van der Waals surface area (Å²) in [7, 11) is 5.22. The van der Waals surface area contributed by atoms with E-state index < -0.39 is 0 Å². The lowest BCUT2D eigenvalue weighted by atomic mass is 10.2. The van der Waals surface area contributed by atoms with E-state index >= 15 is 0 Å². The summed E-state index contributed by atoms with van der Waals surface area (Å²) < 4.78 is 10.6. The minimum Gasteiger partial charge on any atom is -0.497 e. The van der Waals surface area contributed by atoms with E-state index in [9.17, 15) is 0 Å². The van der Waals surface area contributed by atoms with Crippen LogP contribution >= 0.6 is 11.3 Å². The number of methoxy groups -OCH3 is 2. The van der Waals surface area contributed by atoms with Gasteiger partial charge in [-0.1, -0.05) is 0 Å². The van der Waals surface area contributed by atoms with Crippen LogP contribution in [0.1, 0.15) is 18.7 Å². The smallest absolute Gasteiger partial charge is 0.123 e. The number of rotatable bonds is 5. The number of benzene rings is 1. The predicted molar refractivity (Wildman–Crippen MR) is 78.1 cm³/mol. The van der Waals surface area contributed by atoms with Crippen molar-refractivity contribution in [3.05, 3.63) is 29.3 Å². The summed E-state index contributed by atoms with van der Waals surface area (Å²) in [6.07, 6.45) is 0. The van der Waals surface area contributed by atoms with E-state index in [0.29, 0.717) is 0 Å². The van der Waals surface area contributed by atoms with Gasteiger partial charge in [0.05, 0.1) is 19.9 Å². The van der Waals surface area contributed by atoms with Gasteiger partial charge in [-0.05, 0) is 26.1 Å². The van der Waals surface area contributed by atoms with Crippen molar-refractivity contribution in [2.45, 2.75) is 13.0 Å². The fourth-order valence-electron chi connectivity index (χ4n) is 1.70. The van der Waals surface area contributed by atoms with Crippen molar-refractivity contribution in [2.24, 2.45) is 0 Å². The monoisotopic (exact) mass is 278 g/mol. The second-order valence-electron chi connectivity index (χ2n) is 4.19. The van der Waals surface area contributed by atoms with Crippen LogP contribution in [0.15, 0.2) is 23.6 Å². The molecule has 1 atom stereocenters. The van der Waals surface area contributed by atoms with Crippen molar-refractivity contribution in [3.8, 4) is 22.1 Å². The lowest BCUT2D eigenvalue weighted by Gasteiger charge is -2.07. The Morgan fingerprint density at radius 3 is 2.32 bits per heavy atom. The molecular weight excluding hydrogens is 260 g/mol. The van der Waals surface area contributed by atoms with E-state index in [2.05, 4.69) is 22.6 Å². The Kier molecular flexibility index (Phi) is 4.39. The third kappa shape index (κ3) is 3.05. The van der Waals surface area contributed by atoms with Gasteiger partial charge in [-0.15, -0.1) is 11.3 Å². The first-order valence-electron chi connectivity index (χ1n) is 6.04. The van der Waals surface area contributed by atoms with Crippen LogP contribution in [0.4, 0.5) is 0 Å². The summed E-state index contributed by atoms with van der Waals surface area (Å²) in [5.41, 5.74) is 2.06. The molecule has 2 aromatic rings. The Balaban J connectivity index is 2.37. The molecule has 0 amide bonds. The van der Waals surface area contributed by atoms with Gasteiger partial charge in [0.2, 0.25) is 0 Å². The maximum Gasteiger partial charge on any atom is 0.123 e. The molecule has 102 valence electrons. The van der Waals surface area contributed by atoms with Gasteiger partial charge in [0.1, 0.15) is 16.5 Å². The van der Waals surface area contributed by atoms with Crippen LogP contribution in [0.5, 0.6) is 11.5 Å². The highest BCUT2D eigenvalue weighted by Gasteiger charge is 2.11. The van der Waals surface area contributed by atoms with E-state index in [1.807, 2.05) is 25.2 Å². The highest BCUT2D eigenvalue weighted by atomic mass is 32.1. The van der Waals surface area contributed by atoms with E-state index in [1.165, 1.54) is 0 Å². The van der Waals surface area contributed by atoms with Gasteiger partial charge in [0.25, 0.3) is 0 Å². The second-order valence-corrected chi connectivity index (χ2v) is 5.05. The van der Waals surface area contributed by atoms with Gasteiger partial charge in [0.15, 0.2) is 0 Å². The van der Waals surface area contributed by atoms with Crippen LogP contribution < -0.4 is 14.8 Å². The lowest BCUT2D eigenvalue weighted by molar-refractivity contribution is 0.394. The Morgan fingerprint density at radius 2 is 1.79 bits per heavy atom. The number of nitrogens with one attached hydrogen (secondary N) is 1. The maximum atomic E-state index is 5.28. The number of nitrogens with zero attached hydrogens (tertiary/aromatic N) is 1. The van der Waals surface area contributed by atoms with Gasteiger partial charge >= 0.3 is 0 Å². The van der Waals surface area contributed by atoms with Crippen molar-refractivity contribution in [1.82, 2.24) is 10.3 Å². The fourth-order valence-corrected chi connectivity index (χ4v) is 2.60. The van der Waals surface area contributed by atoms with Crippen LogP contribution in [-0.2, 0) is 0 Å². The Morgan fingerprint density at radius 1 is 1.16 bits per heavy atom. The van der Waals surface area contributed by atoms with Crippen molar-refractivity contribution < 1.29 is 9.47 Å². The molecule has 0 aliphatic carbocycles. The first kappa shape index (κ1) is 13.8. The highest BCUT2D eigenvalue weighted by molar-refractivity contribution is 7.13. The fraction of sp³-hybridized carbons (Fsp3) is 0.357. The third-order valence-electron chi connectivity index (χ3n) is 3.00. The Bertz CT molecular complexity index is 532. The Labute approximate surface area is 117 Å². The molecule has 0 aliphatic heterocycles. The molecule has 2 rings (SSSR count). The van der Waals surface area contributed by atoms with Crippen LogP contribution in [0.3, 0.4) is 0 Å². The summed E-state index contributed by atoms with van der Waals surface area (Å²) in [6, 6.07) is 6.04. The van der Waals surface area contributed by atoms with E-state index in [4.69, 9.17) is 9.47 Å². The van der Waals surface area contributed by atoms with Crippen LogP contribution in [0.25, 0.3) is 10.6 Å². The average molecular weight is 278 g/mol. The number of thiazole rings is 1. The summed E-state index contributed by atoms with van der Waals surface area (Å²) in [5.74, 6) is 1.54. The molecule has 5 heteroatoms. The SMILES string of the molecule is CNC(C)c1csc(-c2cc(OC)cc(OC)c2)n1. The molecule has 0 saturated carbocycles. The molecule has 1 aromatic heterocycles. The van der Waals surface area contributed by atoms with Crippen molar-refractivity contribution in [2.75, 3.05) is 21.3 Å². The molecule has 1 aromatic carbocycles. The molecule has 1 heterocycles. The topological polar surface area (TPSA) is 43.4 Å². The maximum absolute atomic E-state index is 5.28. The zero-order valence-electron chi connectivity index (χ0n) is 11.6. The molecule has 0 fully saturated rings. The molecule has 19 heavy (non-hydrogen) atoms. The molecule has 1 unspecified atom stereocenters. The van der Waals surface area contributed by atoms with Gasteiger partial charge in [-0.2, -0.15) is 0 Å². The minimum atomic E-state index is 0.248. The van der Waals surface area contributed by atoms with Gasteiger partial charge in [-0.25, -0.2) is 4.98 Å². The van der Waals surface area contributed by atoms with Crippen molar-refractivity contribution in [1.29, 1.82) is 0 Å².